The zero-order valence-corrected chi connectivity index (χ0v) is 14.5. The predicted octanol–water partition coefficient (Wildman–Crippen LogP) is 4.28. The summed E-state index contributed by atoms with van der Waals surface area (Å²) in [4.78, 5) is 18.4. The Labute approximate surface area is 151 Å². The third-order valence-electron chi connectivity index (χ3n) is 3.76. The molecule has 5 nitrogen and oxygen atoms in total. The maximum atomic E-state index is 13.2. The molecule has 0 aliphatic heterocycles. The number of nitrogens with zero attached hydrogens (tertiary/aromatic N) is 2. The van der Waals surface area contributed by atoms with Crippen molar-refractivity contribution in [1.29, 1.82) is 0 Å². The molecule has 0 fully saturated rings. The van der Waals surface area contributed by atoms with Gasteiger partial charge in [-0.15, -0.1) is 0 Å². The number of carbonyl (C=O) groups excluding carboxylic acids is 1. The van der Waals surface area contributed by atoms with Gasteiger partial charge >= 0.3 is 0 Å². The molecular weight excluding hydrogens is 331 g/mol. The number of carbonyl (C=O) groups is 1. The molecule has 0 radical (unpaired) electrons. The third-order valence-corrected chi connectivity index (χ3v) is 3.76. The Morgan fingerprint density at radius 1 is 1.00 bits per heavy atom. The van der Waals surface area contributed by atoms with Crippen LogP contribution < -0.4 is 15.5 Å². The van der Waals surface area contributed by atoms with Gasteiger partial charge in [0, 0.05) is 31.0 Å². The molecule has 2 aromatic carbocycles. The van der Waals surface area contributed by atoms with Crippen molar-refractivity contribution < 1.29 is 9.18 Å². The highest BCUT2D eigenvalue weighted by Crippen LogP contribution is 2.20. The summed E-state index contributed by atoms with van der Waals surface area (Å²) >= 11 is 0. The first-order valence-corrected chi connectivity index (χ1v) is 8.09. The first-order valence-electron chi connectivity index (χ1n) is 8.09. The van der Waals surface area contributed by atoms with Crippen LogP contribution >= 0.6 is 0 Å². The molecule has 0 spiro atoms. The topological polar surface area (TPSA) is 57.3 Å². The Kier molecular flexibility index (Phi) is 5.12. The quantitative estimate of drug-likeness (QED) is 0.721. The summed E-state index contributed by atoms with van der Waals surface area (Å²) in [5, 5.41) is 5.89. The van der Waals surface area contributed by atoms with Gasteiger partial charge in [-0.3, -0.25) is 4.79 Å². The second kappa shape index (κ2) is 7.65. The van der Waals surface area contributed by atoms with Crippen molar-refractivity contribution in [1.82, 2.24) is 4.98 Å². The highest BCUT2D eigenvalue weighted by molar-refractivity contribution is 6.04. The molecule has 0 aliphatic carbocycles. The summed E-state index contributed by atoms with van der Waals surface area (Å²) in [5.74, 6) is -0.173. The molecule has 2 N–H and O–H groups in total. The Balaban J connectivity index is 1.64. The van der Waals surface area contributed by atoms with Crippen molar-refractivity contribution in [2.24, 2.45) is 0 Å². The average Bonchev–Trinajstić information content (AvgIpc) is 2.64. The molecule has 132 valence electrons. The van der Waals surface area contributed by atoms with Gasteiger partial charge in [-0.25, -0.2) is 9.37 Å². The minimum absolute atomic E-state index is 0.258. The van der Waals surface area contributed by atoms with E-state index in [0.29, 0.717) is 11.5 Å². The van der Waals surface area contributed by atoms with E-state index in [1.807, 2.05) is 43.3 Å². The van der Waals surface area contributed by atoms with Crippen molar-refractivity contribution in [3.05, 3.63) is 78.2 Å². The maximum absolute atomic E-state index is 13.2. The van der Waals surface area contributed by atoms with Crippen LogP contribution in [0.3, 0.4) is 0 Å². The summed E-state index contributed by atoms with van der Waals surface area (Å²) in [6, 6.07) is 17.0. The van der Waals surface area contributed by atoms with E-state index in [1.165, 1.54) is 18.2 Å². The molecule has 26 heavy (non-hydrogen) atoms. The lowest BCUT2D eigenvalue weighted by molar-refractivity contribution is 0.102. The molecule has 6 heteroatoms. The van der Waals surface area contributed by atoms with Crippen molar-refractivity contribution in [3.8, 4) is 0 Å². The van der Waals surface area contributed by atoms with E-state index in [1.54, 1.807) is 24.4 Å². The van der Waals surface area contributed by atoms with Crippen LogP contribution in [0.25, 0.3) is 0 Å². The van der Waals surface area contributed by atoms with E-state index in [9.17, 15) is 9.18 Å². The fourth-order valence-corrected chi connectivity index (χ4v) is 2.37. The van der Waals surface area contributed by atoms with Gasteiger partial charge in [-0.2, -0.15) is 0 Å². The maximum Gasteiger partial charge on any atom is 0.255 e. The molecule has 1 amide bonds. The summed E-state index contributed by atoms with van der Waals surface area (Å²) in [6.45, 7) is 0. The number of rotatable bonds is 5. The SMILES string of the molecule is CN(C)c1ccc(Nc2ccc(NC(=O)c3cccc(F)c3)cn2)cc1. The molecule has 1 heterocycles. The van der Waals surface area contributed by atoms with Crippen molar-refractivity contribution >= 4 is 28.8 Å². The van der Waals surface area contributed by atoms with Crippen LogP contribution in [0.5, 0.6) is 0 Å². The summed E-state index contributed by atoms with van der Waals surface area (Å²) in [6.07, 6.45) is 1.55. The van der Waals surface area contributed by atoms with Crippen LogP contribution in [0.1, 0.15) is 10.4 Å². The zero-order chi connectivity index (χ0) is 18.5. The molecule has 1 aromatic heterocycles. The lowest BCUT2D eigenvalue weighted by Crippen LogP contribution is -2.12. The van der Waals surface area contributed by atoms with Gasteiger partial charge in [0.15, 0.2) is 0 Å². The van der Waals surface area contributed by atoms with Crippen LogP contribution in [0.4, 0.5) is 27.3 Å². The highest BCUT2D eigenvalue weighted by atomic mass is 19.1. The molecular formula is C20H19FN4O. The Hall–Kier alpha value is -3.41. The molecule has 0 saturated carbocycles. The van der Waals surface area contributed by atoms with Crippen LogP contribution in [0.15, 0.2) is 66.9 Å². The molecule has 0 bridgehead atoms. The predicted molar refractivity (Wildman–Crippen MR) is 103 cm³/mol. The molecule has 0 saturated heterocycles. The van der Waals surface area contributed by atoms with Crippen LogP contribution in [0, 0.1) is 5.82 Å². The van der Waals surface area contributed by atoms with Crippen LogP contribution in [-0.2, 0) is 0 Å². The average molecular weight is 350 g/mol. The van der Waals surface area contributed by atoms with E-state index in [4.69, 9.17) is 0 Å². The molecule has 0 atom stereocenters. The molecule has 0 unspecified atom stereocenters. The van der Waals surface area contributed by atoms with E-state index in [2.05, 4.69) is 15.6 Å². The number of aromatic nitrogens is 1. The fraction of sp³-hybridized carbons (Fsp3) is 0.100. The van der Waals surface area contributed by atoms with Gasteiger partial charge in [0.25, 0.3) is 5.91 Å². The summed E-state index contributed by atoms with van der Waals surface area (Å²) in [7, 11) is 3.97. The molecule has 0 aliphatic rings. The third kappa shape index (κ3) is 4.36. The zero-order valence-electron chi connectivity index (χ0n) is 14.5. The lowest BCUT2D eigenvalue weighted by atomic mass is 10.2. The number of benzene rings is 2. The van der Waals surface area contributed by atoms with Gasteiger partial charge in [0.05, 0.1) is 11.9 Å². The van der Waals surface area contributed by atoms with Gasteiger partial charge in [0.2, 0.25) is 0 Å². The Bertz CT molecular complexity index is 892. The number of hydrogen-bond donors (Lipinski definition) is 2. The second-order valence-electron chi connectivity index (χ2n) is 5.96. The number of hydrogen-bond acceptors (Lipinski definition) is 4. The molecule has 3 rings (SSSR count). The minimum Gasteiger partial charge on any atom is -0.378 e. The Morgan fingerprint density at radius 3 is 2.35 bits per heavy atom. The van der Waals surface area contributed by atoms with Gasteiger partial charge in [0.1, 0.15) is 11.6 Å². The highest BCUT2D eigenvalue weighted by Gasteiger charge is 2.07. The number of pyridine rings is 1. The van der Waals surface area contributed by atoms with Crippen molar-refractivity contribution in [2.75, 3.05) is 29.6 Å². The standard InChI is InChI=1S/C20H19FN4O/c1-25(2)18-9-6-16(7-10-18)23-19-11-8-17(13-22-19)24-20(26)14-4-3-5-15(21)12-14/h3-13H,1-2H3,(H,22,23)(H,24,26). The second-order valence-corrected chi connectivity index (χ2v) is 5.96. The van der Waals surface area contributed by atoms with Gasteiger partial charge < -0.3 is 15.5 Å². The first kappa shape index (κ1) is 17.4. The number of nitrogens with one attached hydrogen (secondary N) is 2. The number of anilines is 4. The Morgan fingerprint density at radius 2 is 1.73 bits per heavy atom. The van der Waals surface area contributed by atoms with Crippen LogP contribution in [0.2, 0.25) is 0 Å². The monoisotopic (exact) mass is 350 g/mol. The smallest absolute Gasteiger partial charge is 0.255 e. The number of amides is 1. The van der Waals surface area contributed by atoms with Crippen molar-refractivity contribution in [3.63, 3.8) is 0 Å². The van der Waals surface area contributed by atoms with E-state index in [-0.39, 0.29) is 11.5 Å². The minimum atomic E-state index is -0.449. The first-order chi connectivity index (χ1) is 12.5. The van der Waals surface area contributed by atoms with Gasteiger partial charge in [-0.1, -0.05) is 6.07 Å². The fourth-order valence-electron chi connectivity index (χ4n) is 2.37. The van der Waals surface area contributed by atoms with Crippen molar-refractivity contribution in [2.45, 2.75) is 0 Å². The summed E-state index contributed by atoms with van der Waals surface area (Å²) < 4.78 is 13.2. The normalized spacial score (nSPS) is 10.3. The molecule has 3 aromatic rings. The lowest BCUT2D eigenvalue weighted by Gasteiger charge is -2.13. The van der Waals surface area contributed by atoms with E-state index in [0.717, 1.165) is 11.4 Å². The van der Waals surface area contributed by atoms with Crippen LogP contribution in [-0.4, -0.2) is 25.0 Å². The van der Waals surface area contributed by atoms with E-state index >= 15 is 0 Å². The van der Waals surface area contributed by atoms with Gasteiger partial charge in [-0.05, 0) is 54.6 Å². The summed E-state index contributed by atoms with van der Waals surface area (Å²) in [5.41, 5.74) is 2.82. The number of halogens is 1. The largest absolute Gasteiger partial charge is 0.378 e. The van der Waals surface area contributed by atoms with E-state index < -0.39 is 5.82 Å².